The Morgan fingerprint density at radius 1 is 1.17 bits per heavy atom. The van der Waals surface area contributed by atoms with Crippen LogP contribution in [0.1, 0.15) is 22.6 Å². The van der Waals surface area contributed by atoms with Crippen LogP contribution >= 0.6 is 23.2 Å². The minimum atomic E-state index is -0.685. The average Bonchev–Trinajstić information content (AvgIpc) is 3.35. The fraction of sp³-hybridized carbons (Fsp3) is 0.0952. The molecule has 0 aliphatic rings. The standard InChI is InChI=1S/C21H12Cl2FN3O3/c1-11-4-5-28-19(11)21-27-26-17(30-21)8-13-2-3-16(23)20(18(13)24)29-15-7-12(10-25)6-14(22)9-15/h2-7,9H,8H2,1H3. The van der Waals surface area contributed by atoms with Crippen molar-refractivity contribution in [2.24, 2.45) is 0 Å². The van der Waals surface area contributed by atoms with E-state index in [0.29, 0.717) is 5.76 Å². The van der Waals surface area contributed by atoms with Gasteiger partial charge in [-0.1, -0.05) is 29.3 Å². The first kappa shape index (κ1) is 20.0. The summed E-state index contributed by atoms with van der Waals surface area (Å²) in [6.07, 6.45) is 1.54. The number of ether oxygens (including phenoxy) is 1. The van der Waals surface area contributed by atoms with Gasteiger partial charge in [0.2, 0.25) is 5.89 Å². The molecule has 4 aromatic rings. The van der Waals surface area contributed by atoms with Crippen molar-refractivity contribution in [3.63, 3.8) is 0 Å². The number of halogens is 3. The second kappa shape index (κ2) is 8.19. The summed E-state index contributed by atoms with van der Waals surface area (Å²) in [5, 5.41) is 17.3. The van der Waals surface area contributed by atoms with E-state index in [2.05, 4.69) is 10.2 Å². The van der Waals surface area contributed by atoms with E-state index in [4.69, 9.17) is 42.0 Å². The second-order valence-corrected chi connectivity index (χ2v) is 7.19. The minimum Gasteiger partial charge on any atom is -0.459 e. The van der Waals surface area contributed by atoms with Gasteiger partial charge >= 0.3 is 0 Å². The van der Waals surface area contributed by atoms with Crippen molar-refractivity contribution in [3.05, 3.63) is 81.1 Å². The highest BCUT2D eigenvalue weighted by Gasteiger charge is 2.19. The van der Waals surface area contributed by atoms with Gasteiger partial charge in [0.05, 0.1) is 29.3 Å². The molecule has 0 saturated heterocycles. The van der Waals surface area contributed by atoms with Crippen molar-refractivity contribution in [2.45, 2.75) is 13.3 Å². The number of aromatic nitrogens is 2. The molecule has 0 aliphatic heterocycles. The lowest BCUT2D eigenvalue weighted by Gasteiger charge is -2.11. The third-order valence-corrected chi connectivity index (χ3v) is 4.73. The van der Waals surface area contributed by atoms with E-state index in [9.17, 15) is 0 Å². The maximum atomic E-state index is 15.1. The van der Waals surface area contributed by atoms with E-state index < -0.39 is 5.82 Å². The first-order valence-electron chi connectivity index (χ1n) is 8.67. The Kier molecular flexibility index (Phi) is 5.44. The summed E-state index contributed by atoms with van der Waals surface area (Å²) >= 11 is 12.1. The zero-order chi connectivity index (χ0) is 21.3. The molecule has 0 aliphatic carbocycles. The number of aryl methyl sites for hydroxylation is 1. The van der Waals surface area contributed by atoms with Gasteiger partial charge in [0.1, 0.15) is 5.75 Å². The lowest BCUT2D eigenvalue weighted by Crippen LogP contribution is -1.98. The predicted molar refractivity (Wildman–Crippen MR) is 107 cm³/mol. The monoisotopic (exact) mass is 443 g/mol. The van der Waals surface area contributed by atoms with Gasteiger partial charge in [-0.05, 0) is 37.3 Å². The highest BCUT2D eigenvalue weighted by molar-refractivity contribution is 6.32. The number of hydrogen-bond acceptors (Lipinski definition) is 6. The fourth-order valence-electron chi connectivity index (χ4n) is 2.78. The Bertz CT molecular complexity index is 1280. The molecule has 0 radical (unpaired) electrons. The van der Waals surface area contributed by atoms with Crippen molar-refractivity contribution >= 4 is 23.2 Å². The van der Waals surface area contributed by atoms with Crippen molar-refractivity contribution in [2.75, 3.05) is 0 Å². The van der Waals surface area contributed by atoms with Gasteiger partial charge in [0.15, 0.2) is 17.3 Å². The van der Waals surface area contributed by atoms with Crippen LogP contribution in [0.2, 0.25) is 10.0 Å². The third kappa shape index (κ3) is 4.01. The quantitative estimate of drug-likeness (QED) is 0.357. The molecule has 2 aromatic heterocycles. The van der Waals surface area contributed by atoms with Crippen molar-refractivity contribution < 1.29 is 18.0 Å². The first-order chi connectivity index (χ1) is 14.4. The molecule has 0 unspecified atom stereocenters. The largest absolute Gasteiger partial charge is 0.459 e. The Balaban J connectivity index is 1.62. The average molecular weight is 444 g/mol. The number of benzene rings is 2. The first-order valence-corrected chi connectivity index (χ1v) is 9.42. The molecule has 0 fully saturated rings. The van der Waals surface area contributed by atoms with E-state index >= 15 is 4.39 Å². The zero-order valence-corrected chi connectivity index (χ0v) is 17.0. The van der Waals surface area contributed by atoms with Crippen LogP contribution in [0.25, 0.3) is 11.7 Å². The molecular formula is C21H12Cl2FN3O3. The lowest BCUT2D eigenvalue weighted by molar-refractivity contribution is 0.436. The van der Waals surface area contributed by atoms with Crippen LogP contribution < -0.4 is 4.74 Å². The summed E-state index contributed by atoms with van der Waals surface area (Å²) in [6.45, 7) is 1.85. The molecular weight excluding hydrogens is 432 g/mol. The molecule has 0 bridgehead atoms. The number of rotatable bonds is 5. The van der Waals surface area contributed by atoms with Crippen LogP contribution in [0.15, 0.2) is 51.5 Å². The van der Waals surface area contributed by atoms with Gasteiger partial charge in [-0.2, -0.15) is 5.26 Å². The Morgan fingerprint density at radius 3 is 2.73 bits per heavy atom. The van der Waals surface area contributed by atoms with Crippen LogP contribution in [0, 0.1) is 24.1 Å². The van der Waals surface area contributed by atoms with Gasteiger partial charge in [-0.15, -0.1) is 10.2 Å². The molecule has 0 N–H and O–H groups in total. The smallest absolute Gasteiger partial charge is 0.283 e. The SMILES string of the molecule is Cc1ccoc1-c1nnc(Cc2ccc(Cl)c(Oc3cc(Cl)cc(C#N)c3)c2F)o1. The normalized spacial score (nSPS) is 10.8. The van der Waals surface area contributed by atoms with E-state index in [1.54, 1.807) is 6.07 Å². The highest BCUT2D eigenvalue weighted by Crippen LogP contribution is 2.36. The van der Waals surface area contributed by atoms with Crippen LogP contribution in [0.5, 0.6) is 11.5 Å². The molecule has 0 saturated carbocycles. The summed E-state index contributed by atoms with van der Waals surface area (Å²) in [5.74, 6) is 0.176. The molecule has 4 rings (SSSR count). The maximum absolute atomic E-state index is 15.1. The molecule has 30 heavy (non-hydrogen) atoms. The van der Waals surface area contributed by atoms with Crippen LogP contribution in [-0.2, 0) is 6.42 Å². The Morgan fingerprint density at radius 2 is 2.00 bits per heavy atom. The molecule has 2 heterocycles. The van der Waals surface area contributed by atoms with Crippen LogP contribution in [0.4, 0.5) is 4.39 Å². The summed E-state index contributed by atoms with van der Waals surface area (Å²) in [6, 6.07) is 11.1. The summed E-state index contributed by atoms with van der Waals surface area (Å²) in [5.41, 5.74) is 1.36. The predicted octanol–water partition coefficient (Wildman–Crippen LogP) is 6.34. The summed E-state index contributed by atoms with van der Waals surface area (Å²) in [7, 11) is 0. The molecule has 2 aromatic carbocycles. The van der Waals surface area contributed by atoms with Gasteiger partial charge in [0, 0.05) is 16.1 Å². The molecule has 0 spiro atoms. The number of nitriles is 1. The summed E-state index contributed by atoms with van der Waals surface area (Å²) in [4.78, 5) is 0. The fourth-order valence-corrected chi connectivity index (χ4v) is 3.19. The number of furan rings is 1. The lowest BCUT2D eigenvalue weighted by atomic mass is 10.1. The Labute approximate surface area is 180 Å². The van der Waals surface area contributed by atoms with E-state index in [1.165, 1.54) is 36.6 Å². The number of nitrogens with zero attached hydrogens (tertiary/aromatic N) is 3. The molecule has 0 atom stereocenters. The van der Waals surface area contributed by atoms with Crippen LogP contribution in [0.3, 0.4) is 0 Å². The second-order valence-electron chi connectivity index (χ2n) is 6.35. The molecule has 9 heteroatoms. The maximum Gasteiger partial charge on any atom is 0.283 e. The van der Waals surface area contributed by atoms with Crippen molar-refractivity contribution in [3.8, 4) is 29.2 Å². The molecule has 6 nitrogen and oxygen atoms in total. The number of hydrogen-bond donors (Lipinski definition) is 0. The van der Waals surface area contributed by atoms with Gasteiger partial charge < -0.3 is 13.6 Å². The van der Waals surface area contributed by atoms with Gasteiger partial charge in [-0.25, -0.2) is 4.39 Å². The minimum absolute atomic E-state index is 0.0190. The van der Waals surface area contributed by atoms with E-state index in [0.717, 1.165) is 5.56 Å². The zero-order valence-electron chi connectivity index (χ0n) is 15.4. The molecule has 0 amide bonds. The van der Waals surface area contributed by atoms with E-state index in [1.807, 2.05) is 13.0 Å². The highest BCUT2D eigenvalue weighted by atomic mass is 35.5. The van der Waals surface area contributed by atoms with Crippen LogP contribution in [-0.4, -0.2) is 10.2 Å². The topological polar surface area (TPSA) is 85.1 Å². The van der Waals surface area contributed by atoms with Crippen molar-refractivity contribution in [1.82, 2.24) is 10.2 Å². The molecule has 150 valence electrons. The van der Waals surface area contributed by atoms with E-state index in [-0.39, 0.29) is 50.9 Å². The van der Waals surface area contributed by atoms with Gasteiger partial charge in [0.25, 0.3) is 5.89 Å². The third-order valence-electron chi connectivity index (χ3n) is 4.21. The van der Waals surface area contributed by atoms with Gasteiger partial charge in [-0.3, -0.25) is 0 Å². The van der Waals surface area contributed by atoms with Crippen molar-refractivity contribution in [1.29, 1.82) is 5.26 Å². The summed E-state index contributed by atoms with van der Waals surface area (Å²) < 4.78 is 31.6. The Hall–Kier alpha value is -3.34.